The van der Waals surface area contributed by atoms with E-state index in [0.717, 1.165) is 33.6 Å². The van der Waals surface area contributed by atoms with Crippen molar-refractivity contribution in [2.75, 3.05) is 4.90 Å². The molecule has 1 aromatic carbocycles. The molecular formula is C20H17N3O2S2. The van der Waals surface area contributed by atoms with Crippen LogP contribution in [0.4, 0.5) is 10.8 Å². The Balaban J connectivity index is 1.60. The molecule has 0 atom stereocenters. The van der Waals surface area contributed by atoms with Crippen LogP contribution in [0.2, 0.25) is 0 Å². The van der Waals surface area contributed by atoms with E-state index in [2.05, 4.69) is 9.97 Å². The summed E-state index contributed by atoms with van der Waals surface area (Å²) in [5.74, 6) is 1.50. The summed E-state index contributed by atoms with van der Waals surface area (Å²) in [5.41, 5.74) is 2.42. The summed E-state index contributed by atoms with van der Waals surface area (Å²) in [6.07, 6.45) is 0.198. The zero-order chi connectivity index (χ0) is 18.8. The molecule has 4 rings (SSSR count). The van der Waals surface area contributed by atoms with Gasteiger partial charge in [0.15, 0.2) is 15.9 Å². The van der Waals surface area contributed by atoms with Gasteiger partial charge >= 0.3 is 0 Å². The van der Waals surface area contributed by atoms with Crippen molar-refractivity contribution >= 4 is 39.4 Å². The lowest BCUT2D eigenvalue weighted by molar-refractivity contribution is -0.117. The van der Waals surface area contributed by atoms with E-state index < -0.39 is 0 Å². The quantitative estimate of drug-likeness (QED) is 0.455. The zero-order valence-electron chi connectivity index (χ0n) is 14.9. The van der Waals surface area contributed by atoms with Gasteiger partial charge < -0.3 is 4.42 Å². The molecule has 5 nitrogen and oxygen atoms in total. The van der Waals surface area contributed by atoms with E-state index in [-0.39, 0.29) is 12.3 Å². The molecule has 136 valence electrons. The first-order chi connectivity index (χ1) is 13.1. The van der Waals surface area contributed by atoms with Crippen molar-refractivity contribution in [1.82, 2.24) is 9.97 Å². The highest BCUT2D eigenvalue weighted by Crippen LogP contribution is 2.30. The number of hydrogen-bond acceptors (Lipinski definition) is 6. The van der Waals surface area contributed by atoms with E-state index in [1.165, 1.54) is 22.7 Å². The maximum atomic E-state index is 13.1. The number of benzene rings is 1. The second-order valence-electron chi connectivity index (χ2n) is 6.07. The summed E-state index contributed by atoms with van der Waals surface area (Å²) in [6.45, 7) is 3.82. The van der Waals surface area contributed by atoms with Crippen LogP contribution in [0.15, 0.2) is 57.6 Å². The number of nitrogens with zero attached hydrogens (tertiary/aromatic N) is 3. The first-order valence-corrected chi connectivity index (χ1v) is 10.2. The minimum Gasteiger partial charge on any atom is -0.459 e. The number of para-hydroxylation sites is 1. The molecule has 3 aromatic heterocycles. The standard InChI is InChI=1S/C20H17N3O2S2/c1-13-11-27-20(21-13)23(16-6-4-3-5-7-16)18(24)10-15-12-26-19(22-15)17-9-8-14(2)25-17/h3-9,11-12H,10H2,1-2H3. The number of thiazole rings is 2. The molecular weight excluding hydrogens is 378 g/mol. The second-order valence-corrected chi connectivity index (χ2v) is 7.76. The lowest BCUT2D eigenvalue weighted by atomic mass is 10.2. The Morgan fingerprint density at radius 2 is 1.85 bits per heavy atom. The molecule has 0 N–H and O–H groups in total. The Kier molecular flexibility index (Phi) is 4.87. The average Bonchev–Trinajstić information content (AvgIpc) is 3.38. The van der Waals surface area contributed by atoms with Gasteiger partial charge in [-0.1, -0.05) is 18.2 Å². The monoisotopic (exact) mass is 395 g/mol. The van der Waals surface area contributed by atoms with Crippen molar-refractivity contribution in [1.29, 1.82) is 0 Å². The van der Waals surface area contributed by atoms with Gasteiger partial charge in [-0.2, -0.15) is 0 Å². The van der Waals surface area contributed by atoms with Gasteiger partial charge in [0, 0.05) is 10.8 Å². The third-order valence-electron chi connectivity index (χ3n) is 3.90. The van der Waals surface area contributed by atoms with Crippen LogP contribution in [-0.2, 0) is 11.2 Å². The van der Waals surface area contributed by atoms with Crippen molar-refractivity contribution in [2.45, 2.75) is 20.3 Å². The van der Waals surface area contributed by atoms with Gasteiger partial charge in [0.25, 0.3) is 0 Å². The van der Waals surface area contributed by atoms with Crippen LogP contribution in [0, 0.1) is 13.8 Å². The summed E-state index contributed by atoms with van der Waals surface area (Å²) in [6, 6.07) is 13.4. The highest BCUT2D eigenvalue weighted by Gasteiger charge is 2.22. The fourth-order valence-electron chi connectivity index (χ4n) is 2.67. The Morgan fingerprint density at radius 3 is 2.52 bits per heavy atom. The normalized spacial score (nSPS) is 10.9. The third-order valence-corrected chi connectivity index (χ3v) is 5.75. The minimum atomic E-state index is -0.0666. The Labute approximate surface area is 164 Å². The van der Waals surface area contributed by atoms with Crippen LogP contribution < -0.4 is 4.90 Å². The van der Waals surface area contributed by atoms with Crippen LogP contribution in [0.5, 0.6) is 0 Å². The first-order valence-electron chi connectivity index (χ1n) is 8.41. The molecule has 0 fully saturated rings. The Morgan fingerprint density at radius 1 is 1.04 bits per heavy atom. The Bertz CT molecular complexity index is 1070. The Hall–Kier alpha value is -2.77. The molecule has 7 heteroatoms. The van der Waals surface area contributed by atoms with Crippen LogP contribution in [0.25, 0.3) is 10.8 Å². The number of anilines is 2. The van der Waals surface area contributed by atoms with Crippen LogP contribution in [-0.4, -0.2) is 15.9 Å². The minimum absolute atomic E-state index is 0.0666. The highest BCUT2D eigenvalue weighted by molar-refractivity contribution is 7.14. The molecule has 0 unspecified atom stereocenters. The van der Waals surface area contributed by atoms with E-state index in [9.17, 15) is 4.79 Å². The van der Waals surface area contributed by atoms with E-state index >= 15 is 0 Å². The van der Waals surface area contributed by atoms with Gasteiger partial charge in [-0.25, -0.2) is 9.97 Å². The van der Waals surface area contributed by atoms with Crippen LogP contribution in [0.3, 0.4) is 0 Å². The van der Waals surface area contributed by atoms with Crippen LogP contribution >= 0.6 is 22.7 Å². The van der Waals surface area contributed by atoms with Crippen molar-refractivity contribution in [3.63, 3.8) is 0 Å². The third kappa shape index (κ3) is 3.84. The van der Waals surface area contributed by atoms with Crippen molar-refractivity contribution in [3.05, 3.63) is 70.4 Å². The van der Waals surface area contributed by atoms with Crippen molar-refractivity contribution < 1.29 is 9.21 Å². The summed E-state index contributed by atoms with van der Waals surface area (Å²) < 4.78 is 5.62. The molecule has 1 amide bonds. The molecule has 0 bridgehead atoms. The number of rotatable bonds is 5. The molecule has 0 radical (unpaired) electrons. The van der Waals surface area contributed by atoms with Crippen molar-refractivity contribution in [2.24, 2.45) is 0 Å². The van der Waals surface area contributed by atoms with Crippen molar-refractivity contribution in [3.8, 4) is 10.8 Å². The topological polar surface area (TPSA) is 59.2 Å². The molecule has 27 heavy (non-hydrogen) atoms. The lowest BCUT2D eigenvalue weighted by Gasteiger charge is -2.19. The van der Waals surface area contributed by atoms with E-state index in [1.54, 1.807) is 4.90 Å². The zero-order valence-corrected chi connectivity index (χ0v) is 16.5. The molecule has 0 saturated heterocycles. The highest BCUT2D eigenvalue weighted by atomic mass is 32.1. The molecule has 0 aliphatic rings. The van der Waals surface area contributed by atoms with Gasteiger partial charge in [-0.15, -0.1) is 22.7 Å². The molecule has 0 spiro atoms. The van der Waals surface area contributed by atoms with Gasteiger partial charge in [0.05, 0.1) is 23.5 Å². The van der Waals surface area contributed by atoms with Gasteiger partial charge in [0.2, 0.25) is 5.91 Å². The number of furan rings is 1. The molecule has 0 aliphatic carbocycles. The molecule has 0 aliphatic heterocycles. The molecule has 0 saturated carbocycles. The number of carbonyl (C=O) groups excluding carboxylic acids is 1. The molecule has 3 heterocycles. The number of hydrogen-bond donors (Lipinski definition) is 0. The largest absolute Gasteiger partial charge is 0.459 e. The number of aromatic nitrogens is 2. The van der Waals surface area contributed by atoms with E-state index in [0.29, 0.717) is 5.13 Å². The summed E-state index contributed by atoms with van der Waals surface area (Å²) >= 11 is 2.93. The van der Waals surface area contributed by atoms with Gasteiger partial charge in [-0.3, -0.25) is 9.69 Å². The predicted molar refractivity (Wildman–Crippen MR) is 109 cm³/mol. The maximum absolute atomic E-state index is 13.1. The lowest BCUT2D eigenvalue weighted by Crippen LogP contribution is -2.27. The first kappa shape index (κ1) is 17.6. The predicted octanol–water partition coefficient (Wildman–Crippen LogP) is 5.38. The smallest absolute Gasteiger partial charge is 0.239 e. The fraction of sp³-hybridized carbons (Fsp3) is 0.150. The number of aryl methyl sites for hydroxylation is 2. The van der Waals surface area contributed by atoms with Gasteiger partial charge in [0.1, 0.15) is 5.76 Å². The fourth-order valence-corrected chi connectivity index (χ4v) is 4.28. The summed E-state index contributed by atoms with van der Waals surface area (Å²) in [4.78, 5) is 23.8. The van der Waals surface area contributed by atoms with E-state index in [1.807, 2.05) is 67.1 Å². The van der Waals surface area contributed by atoms with E-state index in [4.69, 9.17) is 4.42 Å². The van der Waals surface area contributed by atoms with Gasteiger partial charge in [-0.05, 0) is 38.1 Å². The number of carbonyl (C=O) groups is 1. The molecule has 4 aromatic rings. The second kappa shape index (κ2) is 7.46. The SMILES string of the molecule is Cc1csc(N(C(=O)Cc2csc(-c3ccc(C)o3)n2)c2ccccc2)n1. The van der Waals surface area contributed by atoms with Crippen LogP contribution in [0.1, 0.15) is 17.1 Å². The average molecular weight is 396 g/mol. The summed E-state index contributed by atoms with van der Waals surface area (Å²) in [5, 5.41) is 5.29. The maximum Gasteiger partial charge on any atom is 0.239 e. The summed E-state index contributed by atoms with van der Waals surface area (Å²) in [7, 11) is 0. The number of amides is 1.